The number of hydrogen-bond donors (Lipinski definition) is 3. The van der Waals surface area contributed by atoms with Crippen molar-refractivity contribution in [3.05, 3.63) is 101 Å². The summed E-state index contributed by atoms with van der Waals surface area (Å²) < 4.78 is 40.4. The minimum atomic E-state index is -3.58. The maximum atomic E-state index is 13.7. The number of nitrogens with zero attached hydrogens (tertiary/aromatic N) is 1. The van der Waals surface area contributed by atoms with Gasteiger partial charge in [-0.25, -0.2) is 17.5 Å². The summed E-state index contributed by atoms with van der Waals surface area (Å²) in [4.78, 5) is 28.6. The largest absolute Gasteiger partial charge is 0.396 e. The van der Waals surface area contributed by atoms with Crippen molar-refractivity contribution in [2.75, 3.05) is 19.7 Å². The normalized spacial score (nSPS) is 12.1. The van der Waals surface area contributed by atoms with Gasteiger partial charge in [0.25, 0.3) is 0 Å². The lowest BCUT2D eigenvalue weighted by atomic mass is 10.0. The summed E-state index contributed by atoms with van der Waals surface area (Å²) >= 11 is 0. The number of sulfonamides is 1. The zero-order valence-electron chi connectivity index (χ0n) is 21.8. The van der Waals surface area contributed by atoms with Gasteiger partial charge in [0, 0.05) is 32.7 Å². The second kappa shape index (κ2) is 14.5. The van der Waals surface area contributed by atoms with Crippen LogP contribution < -0.4 is 10.0 Å². The standard InChI is InChI=1S/C29H34FN3O5S/c1-2-32-39(37,38)26-16-11-22(12-17-26)13-18-27(35)33(21-23-9-14-25(30)15-10-23)28(24-7-4-3-5-8-24)29(36)31-19-6-20-34/h3-5,7-12,14-17,28,32,34H,2,6,13,18-21H2,1H3,(H,31,36)/t28-/m0/s1. The predicted octanol–water partition coefficient (Wildman–Crippen LogP) is 3.33. The molecule has 0 spiro atoms. The predicted molar refractivity (Wildman–Crippen MR) is 146 cm³/mol. The minimum absolute atomic E-state index is 0.0632. The molecule has 0 aromatic heterocycles. The average Bonchev–Trinajstić information content (AvgIpc) is 2.93. The monoisotopic (exact) mass is 555 g/mol. The van der Waals surface area contributed by atoms with Crippen molar-refractivity contribution in [1.82, 2.24) is 14.9 Å². The number of carbonyl (C=O) groups excluding carboxylic acids is 2. The number of aliphatic hydroxyl groups is 1. The Balaban J connectivity index is 1.87. The highest BCUT2D eigenvalue weighted by Gasteiger charge is 2.31. The molecule has 0 aliphatic carbocycles. The number of aryl methyl sites for hydroxylation is 1. The van der Waals surface area contributed by atoms with E-state index >= 15 is 0 Å². The number of carbonyl (C=O) groups is 2. The molecule has 0 bridgehead atoms. The molecule has 3 N–H and O–H groups in total. The Morgan fingerprint density at radius 2 is 1.59 bits per heavy atom. The first-order valence-corrected chi connectivity index (χ1v) is 14.3. The molecule has 3 aromatic rings. The lowest BCUT2D eigenvalue weighted by Crippen LogP contribution is -2.43. The Hall–Kier alpha value is -3.60. The third-order valence-electron chi connectivity index (χ3n) is 6.09. The highest BCUT2D eigenvalue weighted by atomic mass is 32.2. The fraction of sp³-hybridized carbons (Fsp3) is 0.310. The van der Waals surface area contributed by atoms with Crippen LogP contribution in [0.5, 0.6) is 0 Å². The van der Waals surface area contributed by atoms with E-state index in [4.69, 9.17) is 5.11 Å². The minimum Gasteiger partial charge on any atom is -0.396 e. The zero-order chi connectivity index (χ0) is 28.3. The molecule has 0 aliphatic heterocycles. The van der Waals surface area contributed by atoms with Crippen molar-refractivity contribution in [1.29, 1.82) is 0 Å². The van der Waals surface area contributed by atoms with Gasteiger partial charge in [-0.1, -0.05) is 61.5 Å². The summed E-state index contributed by atoms with van der Waals surface area (Å²) in [5.41, 5.74) is 2.04. The molecule has 3 aromatic carbocycles. The van der Waals surface area contributed by atoms with Gasteiger partial charge in [-0.2, -0.15) is 0 Å². The summed E-state index contributed by atoms with van der Waals surface area (Å²) in [6.07, 6.45) is 0.764. The summed E-state index contributed by atoms with van der Waals surface area (Å²) in [7, 11) is -3.58. The van der Waals surface area contributed by atoms with Crippen molar-refractivity contribution in [3.63, 3.8) is 0 Å². The Kier molecular flexibility index (Phi) is 11.2. The topological polar surface area (TPSA) is 116 Å². The second-order valence-corrected chi connectivity index (χ2v) is 10.7. The molecule has 1 atom stereocenters. The van der Waals surface area contributed by atoms with Gasteiger partial charge in [0.2, 0.25) is 21.8 Å². The van der Waals surface area contributed by atoms with E-state index in [2.05, 4.69) is 10.0 Å². The summed E-state index contributed by atoms with van der Waals surface area (Å²) in [5, 5.41) is 11.9. The van der Waals surface area contributed by atoms with Crippen LogP contribution in [0.2, 0.25) is 0 Å². The van der Waals surface area contributed by atoms with Crippen LogP contribution in [0, 0.1) is 5.82 Å². The first kappa shape index (κ1) is 29.9. The number of aliphatic hydroxyl groups excluding tert-OH is 1. The molecule has 208 valence electrons. The number of halogens is 1. The zero-order valence-corrected chi connectivity index (χ0v) is 22.7. The molecule has 0 aliphatic rings. The molecule has 0 saturated carbocycles. The van der Waals surface area contributed by atoms with Gasteiger partial charge in [-0.05, 0) is 53.8 Å². The number of nitrogens with one attached hydrogen (secondary N) is 2. The van der Waals surface area contributed by atoms with Gasteiger partial charge in [0.05, 0.1) is 4.90 Å². The molecule has 0 heterocycles. The van der Waals surface area contributed by atoms with Gasteiger partial charge in [0.1, 0.15) is 11.9 Å². The number of benzene rings is 3. The van der Waals surface area contributed by atoms with Crippen molar-refractivity contribution >= 4 is 21.8 Å². The van der Waals surface area contributed by atoms with Crippen molar-refractivity contribution in [2.24, 2.45) is 0 Å². The molecular weight excluding hydrogens is 521 g/mol. The van der Waals surface area contributed by atoms with E-state index in [9.17, 15) is 22.4 Å². The Labute approximate surface area is 228 Å². The lowest BCUT2D eigenvalue weighted by molar-refractivity contribution is -0.141. The lowest BCUT2D eigenvalue weighted by Gasteiger charge is -2.32. The molecule has 39 heavy (non-hydrogen) atoms. The maximum Gasteiger partial charge on any atom is 0.247 e. The SMILES string of the molecule is CCNS(=O)(=O)c1ccc(CCC(=O)N(Cc2ccc(F)cc2)[C@H](C(=O)NCCCO)c2ccccc2)cc1. The van der Waals surface area contributed by atoms with Gasteiger partial charge >= 0.3 is 0 Å². The molecule has 0 saturated heterocycles. The van der Waals surface area contributed by atoms with Crippen LogP contribution in [0.3, 0.4) is 0 Å². The Morgan fingerprint density at radius 3 is 2.21 bits per heavy atom. The molecular formula is C29H34FN3O5S. The maximum absolute atomic E-state index is 13.7. The van der Waals surface area contributed by atoms with E-state index in [0.717, 1.165) is 5.56 Å². The summed E-state index contributed by atoms with van der Waals surface area (Å²) in [6.45, 7) is 2.22. The fourth-order valence-corrected chi connectivity index (χ4v) is 5.15. The number of hydrogen-bond acceptors (Lipinski definition) is 5. The molecule has 3 rings (SSSR count). The van der Waals surface area contributed by atoms with E-state index in [1.807, 2.05) is 6.07 Å². The summed E-state index contributed by atoms with van der Waals surface area (Å²) in [6, 6.07) is 20.1. The van der Waals surface area contributed by atoms with E-state index in [-0.39, 0.29) is 49.4 Å². The highest BCUT2D eigenvalue weighted by molar-refractivity contribution is 7.89. The number of amides is 2. The Morgan fingerprint density at radius 1 is 0.949 bits per heavy atom. The van der Waals surface area contributed by atoms with E-state index in [1.165, 1.54) is 29.2 Å². The first-order chi connectivity index (χ1) is 18.7. The summed E-state index contributed by atoms with van der Waals surface area (Å²) in [5.74, 6) is -1.09. The van der Waals surface area contributed by atoms with Crippen LogP contribution >= 0.6 is 0 Å². The third kappa shape index (κ3) is 8.71. The molecule has 8 nitrogen and oxygen atoms in total. The Bertz CT molecular complexity index is 1320. The van der Waals surface area contributed by atoms with E-state index in [1.54, 1.807) is 55.5 Å². The quantitative estimate of drug-likeness (QED) is 0.264. The second-order valence-electron chi connectivity index (χ2n) is 8.97. The third-order valence-corrected chi connectivity index (χ3v) is 7.65. The van der Waals surface area contributed by atoms with Crippen LogP contribution in [0.15, 0.2) is 83.8 Å². The van der Waals surface area contributed by atoms with Crippen LogP contribution in [-0.4, -0.2) is 49.9 Å². The highest BCUT2D eigenvalue weighted by Crippen LogP contribution is 2.25. The van der Waals surface area contributed by atoms with Crippen molar-refractivity contribution < 1.29 is 27.5 Å². The first-order valence-electron chi connectivity index (χ1n) is 12.8. The fourth-order valence-electron chi connectivity index (χ4n) is 4.11. The van der Waals surface area contributed by atoms with E-state index in [0.29, 0.717) is 24.0 Å². The van der Waals surface area contributed by atoms with Crippen molar-refractivity contribution in [2.45, 2.75) is 43.7 Å². The molecule has 0 fully saturated rings. The van der Waals surface area contributed by atoms with Crippen LogP contribution in [0.1, 0.15) is 42.5 Å². The van der Waals surface area contributed by atoms with Crippen LogP contribution in [-0.2, 0) is 32.6 Å². The van der Waals surface area contributed by atoms with Gasteiger partial charge in [-0.15, -0.1) is 0 Å². The molecule has 10 heteroatoms. The molecule has 2 amide bonds. The average molecular weight is 556 g/mol. The van der Waals surface area contributed by atoms with Crippen LogP contribution in [0.25, 0.3) is 0 Å². The van der Waals surface area contributed by atoms with Gasteiger partial charge in [0.15, 0.2) is 0 Å². The number of rotatable bonds is 14. The van der Waals surface area contributed by atoms with Gasteiger partial charge < -0.3 is 15.3 Å². The van der Waals surface area contributed by atoms with E-state index < -0.39 is 21.9 Å². The van der Waals surface area contributed by atoms with Crippen molar-refractivity contribution in [3.8, 4) is 0 Å². The smallest absolute Gasteiger partial charge is 0.247 e. The van der Waals surface area contributed by atoms with Crippen LogP contribution in [0.4, 0.5) is 4.39 Å². The molecule has 0 radical (unpaired) electrons. The molecule has 0 unspecified atom stereocenters. The van der Waals surface area contributed by atoms with Gasteiger partial charge in [-0.3, -0.25) is 9.59 Å².